The number of benzene rings is 2. The third-order valence-electron chi connectivity index (χ3n) is 6.36. The second-order valence-electron chi connectivity index (χ2n) is 8.72. The Morgan fingerprint density at radius 2 is 1.85 bits per heavy atom. The van der Waals surface area contributed by atoms with E-state index in [0.717, 1.165) is 24.0 Å². The highest BCUT2D eigenvalue weighted by molar-refractivity contribution is 6.30. The van der Waals surface area contributed by atoms with Crippen molar-refractivity contribution in [3.63, 3.8) is 0 Å². The molecule has 2 N–H and O–H groups in total. The van der Waals surface area contributed by atoms with Crippen LogP contribution in [-0.2, 0) is 9.59 Å². The zero-order valence-electron chi connectivity index (χ0n) is 18.5. The number of halogens is 1. The third kappa shape index (κ3) is 4.07. The van der Waals surface area contributed by atoms with E-state index in [0.29, 0.717) is 16.3 Å². The van der Waals surface area contributed by atoms with Crippen LogP contribution in [0.5, 0.6) is 0 Å². The summed E-state index contributed by atoms with van der Waals surface area (Å²) >= 11 is 6.06. The molecular weight excluding hydrogens is 452 g/mol. The first-order valence-corrected chi connectivity index (χ1v) is 11.7. The van der Waals surface area contributed by atoms with E-state index in [1.54, 1.807) is 35.2 Å². The number of nitrogens with one attached hydrogen (secondary N) is 2. The molecule has 0 spiro atoms. The van der Waals surface area contributed by atoms with Gasteiger partial charge in [-0.2, -0.15) is 0 Å². The van der Waals surface area contributed by atoms with Crippen LogP contribution in [0.1, 0.15) is 36.1 Å². The molecule has 1 fully saturated rings. The van der Waals surface area contributed by atoms with Gasteiger partial charge in [0.25, 0.3) is 5.91 Å². The van der Waals surface area contributed by atoms with E-state index in [-0.39, 0.29) is 37.0 Å². The Kier molecular flexibility index (Phi) is 5.87. The fourth-order valence-corrected chi connectivity index (χ4v) is 4.69. The molecule has 0 aromatic heterocycles. The van der Waals surface area contributed by atoms with Crippen molar-refractivity contribution in [3.05, 3.63) is 94.7 Å². The summed E-state index contributed by atoms with van der Waals surface area (Å²) in [7, 11) is 0. The van der Waals surface area contributed by atoms with Gasteiger partial charge >= 0.3 is 6.03 Å². The first-order chi connectivity index (χ1) is 16.5. The Hall–Kier alpha value is -3.58. The van der Waals surface area contributed by atoms with Gasteiger partial charge in [-0.15, -0.1) is 6.58 Å². The van der Waals surface area contributed by atoms with E-state index in [1.165, 1.54) is 4.90 Å². The molecule has 174 valence electrons. The molecule has 2 unspecified atom stereocenters. The van der Waals surface area contributed by atoms with Gasteiger partial charge in [-0.1, -0.05) is 60.1 Å². The maximum absolute atomic E-state index is 13.9. The SMILES string of the molecule is C=CCN1C(=O)NC(c2ccc(Cl)cc2)C2=C1CN(C(C(=O)NC1CC1)c1ccccc1)C2=O. The first-order valence-electron chi connectivity index (χ1n) is 11.3. The number of nitrogens with zero attached hydrogens (tertiary/aromatic N) is 2. The molecule has 2 aromatic rings. The van der Waals surface area contributed by atoms with Crippen molar-refractivity contribution in [3.8, 4) is 0 Å². The molecule has 34 heavy (non-hydrogen) atoms. The van der Waals surface area contributed by atoms with E-state index < -0.39 is 12.1 Å². The fraction of sp³-hybridized carbons (Fsp3) is 0.269. The number of rotatable bonds is 7. The van der Waals surface area contributed by atoms with Crippen LogP contribution >= 0.6 is 11.6 Å². The van der Waals surface area contributed by atoms with Crippen LogP contribution in [0.15, 0.2) is 78.5 Å². The summed E-state index contributed by atoms with van der Waals surface area (Å²) < 4.78 is 0. The predicted molar refractivity (Wildman–Crippen MR) is 129 cm³/mol. The first kappa shape index (κ1) is 22.2. The predicted octanol–water partition coefficient (Wildman–Crippen LogP) is 3.71. The summed E-state index contributed by atoms with van der Waals surface area (Å²) in [6.07, 6.45) is 3.51. The zero-order valence-corrected chi connectivity index (χ0v) is 19.3. The van der Waals surface area contributed by atoms with E-state index in [1.807, 2.05) is 30.3 Å². The Balaban J connectivity index is 1.55. The second kappa shape index (κ2) is 8.99. The number of hydrogen-bond acceptors (Lipinski definition) is 3. The van der Waals surface area contributed by atoms with E-state index in [9.17, 15) is 14.4 Å². The smallest absolute Gasteiger partial charge is 0.322 e. The Bertz CT molecular complexity index is 1170. The minimum atomic E-state index is -0.800. The van der Waals surface area contributed by atoms with Gasteiger partial charge in [-0.25, -0.2) is 4.79 Å². The Labute approximate surface area is 203 Å². The lowest BCUT2D eigenvalue weighted by atomic mass is 9.95. The molecule has 8 heteroatoms. The lowest BCUT2D eigenvalue weighted by molar-refractivity contribution is -0.136. The van der Waals surface area contributed by atoms with Gasteiger partial charge in [0.1, 0.15) is 6.04 Å². The average Bonchev–Trinajstić information content (AvgIpc) is 3.59. The van der Waals surface area contributed by atoms with Gasteiger partial charge in [-0.3, -0.25) is 14.5 Å². The van der Waals surface area contributed by atoms with Crippen molar-refractivity contribution in [2.75, 3.05) is 13.1 Å². The van der Waals surface area contributed by atoms with Gasteiger partial charge < -0.3 is 15.5 Å². The van der Waals surface area contributed by atoms with Crippen LogP contribution in [0.25, 0.3) is 0 Å². The molecular formula is C26H25ClN4O3. The van der Waals surface area contributed by atoms with E-state index in [4.69, 9.17) is 11.6 Å². The Morgan fingerprint density at radius 1 is 1.15 bits per heavy atom. The molecule has 2 aromatic carbocycles. The molecule has 0 radical (unpaired) electrons. The minimum absolute atomic E-state index is 0.150. The van der Waals surface area contributed by atoms with Crippen molar-refractivity contribution in [1.29, 1.82) is 0 Å². The monoisotopic (exact) mass is 476 g/mol. The van der Waals surface area contributed by atoms with Crippen molar-refractivity contribution in [1.82, 2.24) is 20.4 Å². The topological polar surface area (TPSA) is 81.8 Å². The van der Waals surface area contributed by atoms with Crippen LogP contribution in [0.3, 0.4) is 0 Å². The summed E-state index contributed by atoms with van der Waals surface area (Å²) in [6.45, 7) is 4.16. The van der Waals surface area contributed by atoms with E-state index in [2.05, 4.69) is 17.2 Å². The summed E-state index contributed by atoms with van der Waals surface area (Å²) in [5, 5.41) is 6.56. The van der Waals surface area contributed by atoms with Crippen LogP contribution < -0.4 is 10.6 Å². The van der Waals surface area contributed by atoms with Crippen molar-refractivity contribution in [2.45, 2.75) is 31.0 Å². The maximum atomic E-state index is 13.9. The number of carbonyl (C=O) groups is 3. The zero-order chi connectivity index (χ0) is 23.8. The molecule has 2 heterocycles. The molecule has 5 rings (SSSR count). The quantitative estimate of drug-likeness (QED) is 0.598. The number of carbonyl (C=O) groups excluding carboxylic acids is 3. The highest BCUT2D eigenvalue weighted by atomic mass is 35.5. The van der Waals surface area contributed by atoms with Crippen molar-refractivity contribution < 1.29 is 14.4 Å². The second-order valence-corrected chi connectivity index (χ2v) is 9.16. The van der Waals surface area contributed by atoms with Crippen LogP contribution in [0.2, 0.25) is 5.02 Å². The summed E-state index contributed by atoms with van der Waals surface area (Å²) in [6, 6.07) is 14.7. The van der Waals surface area contributed by atoms with Crippen LogP contribution in [0, 0.1) is 0 Å². The lowest BCUT2D eigenvalue weighted by Gasteiger charge is -2.33. The molecule has 0 saturated heterocycles. The summed E-state index contributed by atoms with van der Waals surface area (Å²) in [5.41, 5.74) is 2.53. The molecule has 2 atom stereocenters. The van der Waals surface area contributed by atoms with Crippen molar-refractivity contribution >= 4 is 29.4 Å². The fourth-order valence-electron chi connectivity index (χ4n) is 4.57. The molecule has 0 bridgehead atoms. The minimum Gasteiger partial charge on any atom is -0.351 e. The van der Waals surface area contributed by atoms with Gasteiger partial charge in [-0.05, 0) is 36.1 Å². The standard InChI is InChI=1S/C26H25ClN4O3/c1-2-14-30-20-15-31(23(17-6-4-3-5-7-17)24(32)28-19-12-13-19)25(33)21(20)22(29-26(30)34)16-8-10-18(27)11-9-16/h2-11,19,22-23H,1,12-15H2,(H,28,32)(H,29,34). The summed E-state index contributed by atoms with van der Waals surface area (Å²) in [5.74, 6) is -0.483. The molecule has 2 aliphatic heterocycles. The highest BCUT2D eigenvalue weighted by Crippen LogP contribution is 2.40. The highest BCUT2D eigenvalue weighted by Gasteiger charge is 2.47. The van der Waals surface area contributed by atoms with Gasteiger partial charge in [0.05, 0.1) is 23.9 Å². The largest absolute Gasteiger partial charge is 0.351 e. The van der Waals surface area contributed by atoms with Crippen molar-refractivity contribution in [2.24, 2.45) is 0 Å². The number of amides is 4. The normalized spacial score (nSPS) is 20.7. The molecule has 1 saturated carbocycles. The lowest BCUT2D eigenvalue weighted by Crippen LogP contribution is -2.47. The molecule has 3 aliphatic rings. The van der Waals surface area contributed by atoms with Crippen LogP contribution in [0.4, 0.5) is 4.79 Å². The molecule has 7 nitrogen and oxygen atoms in total. The summed E-state index contributed by atoms with van der Waals surface area (Å²) in [4.78, 5) is 43.4. The average molecular weight is 477 g/mol. The number of urea groups is 1. The molecule has 1 aliphatic carbocycles. The maximum Gasteiger partial charge on any atom is 0.322 e. The van der Waals surface area contributed by atoms with Gasteiger partial charge in [0.15, 0.2) is 0 Å². The number of hydrogen-bond donors (Lipinski definition) is 2. The Morgan fingerprint density at radius 3 is 2.50 bits per heavy atom. The third-order valence-corrected chi connectivity index (χ3v) is 6.62. The molecule has 4 amide bonds. The van der Waals surface area contributed by atoms with Crippen LogP contribution in [-0.4, -0.2) is 46.8 Å². The van der Waals surface area contributed by atoms with Gasteiger partial charge in [0, 0.05) is 17.6 Å². The van der Waals surface area contributed by atoms with Gasteiger partial charge in [0.2, 0.25) is 5.91 Å². The van der Waals surface area contributed by atoms with E-state index >= 15 is 0 Å².